The zero-order valence-electron chi connectivity index (χ0n) is 18.6. The molecule has 0 aliphatic carbocycles. The lowest BCUT2D eigenvalue weighted by molar-refractivity contribution is 0.141. The van der Waals surface area contributed by atoms with Gasteiger partial charge in [-0.15, -0.1) is 0 Å². The normalized spacial score (nSPS) is 19.7. The molecule has 1 fully saturated rings. The molecule has 0 spiro atoms. The third-order valence-corrected chi connectivity index (χ3v) is 7.61. The Morgan fingerprint density at radius 1 is 1.27 bits per heavy atom. The Labute approximate surface area is 181 Å². The van der Waals surface area contributed by atoms with E-state index in [2.05, 4.69) is 47.5 Å². The number of nitrogens with one attached hydrogen (secondary N) is 2. The van der Waals surface area contributed by atoms with Crippen molar-refractivity contribution in [2.75, 3.05) is 20.1 Å². The lowest BCUT2D eigenvalue weighted by Crippen LogP contribution is -2.36. The highest BCUT2D eigenvalue weighted by Crippen LogP contribution is 2.34. The molecule has 0 radical (unpaired) electrons. The molecule has 30 heavy (non-hydrogen) atoms. The molecule has 0 saturated carbocycles. The zero-order chi connectivity index (χ0) is 21.7. The Balaban J connectivity index is 1.79. The summed E-state index contributed by atoms with van der Waals surface area (Å²) in [5, 5.41) is 0. The van der Waals surface area contributed by atoms with Gasteiger partial charge in [0.2, 0.25) is 10.0 Å². The van der Waals surface area contributed by atoms with Crippen LogP contribution >= 0.6 is 0 Å². The second-order valence-corrected chi connectivity index (χ2v) is 10.2. The number of hydrogen-bond donors (Lipinski definition) is 2. The van der Waals surface area contributed by atoms with Crippen molar-refractivity contribution >= 4 is 15.6 Å². The molecule has 6 heteroatoms. The van der Waals surface area contributed by atoms with Crippen LogP contribution in [0.25, 0.3) is 5.57 Å². The van der Waals surface area contributed by atoms with Crippen molar-refractivity contribution in [2.24, 2.45) is 0 Å². The Bertz CT molecular complexity index is 961. The molecule has 0 amide bonds. The summed E-state index contributed by atoms with van der Waals surface area (Å²) in [6.07, 6.45) is 8.88. The van der Waals surface area contributed by atoms with Crippen molar-refractivity contribution in [2.45, 2.75) is 63.3 Å². The molecule has 2 aromatic rings. The van der Waals surface area contributed by atoms with E-state index in [0.29, 0.717) is 16.9 Å². The maximum atomic E-state index is 12.0. The van der Waals surface area contributed by atoms with Gasteiger partial charge in [0.05, 0.1) is 4.90 Å². The van der Waals surface area contributed by atoms with E-state index in [-0.39, 0.29) is 0 Å². The van der Waals surface area contributed by atoms with Crippen molar-refractivity contribution in [1.29, 1.82) is 0 Å². The number of benzene rings is 1. The summed E-state index contributed by atoms with van der Waals surface area (Å²) in [4.78, 5) is 6.32. The second kappa shape index (κ2) is 9.94. The predicted octanol–water partition coefficient (Wildman–Crippen LogP) is 5.07. The van der Waals surface area contributed by atoms with Crippen molar-refractivity contribution in [3.63, 3.8) is 0 Å². The van der Waals surface area contributed by atoms with Crippen molar-refractivity contribution < 1.29 is 8.42 Å². The van der Waals surface area contributed by atoms with Crippen LogP contribution < -0.4 is 4.72 Å². The molecule has 1 aromatic heterocycles. The van der Waals surface area contributed by atoms with E-state index in [1.165, 1.54) is 42.3 Å². The molecule has 1 aliphatic rings. The van der Waals surface area contributed by atoms with Crippen molar-refractivity contribution in [1.82, 2.24) is 14.6 Å². The van der Waals surface area contributed by atoms with Gasteiger partial charge in [-0.05, 0) is 80.6 Å². The largest absolute Gasteiger partial charge is 0.361 e. The number of aromatic amines is 1. The Hall–Kier alpha value is -1.89. The highest BCUT2D eigenvalue weighted by atomic mass is 32.2. The maximum absolute atomic E-state index is 12.0. The van der Waals surface area contributed by atoms with Gasteiger partial charge in [-0.2, -0.15) is 0 Å². The third-order valence-electron chi connectivity index (χ3n) is 6.18. The van der Waals surface area contributed by atoms with Crippen LogP contribution in [0.2, 0.25) is 0 Å². The van der Waals surface area contributed by atoms with Crippen LogP contribution in [0.4, 0.5) is 0 Å². The summed E-state index contributed by atoms with van der Waals surface area (Å²) in [6.45, 7) is 8.72. The number of H-pyrrole nitrogens is 1. The average Bonchev–Trinajstić information content (AvgIpc) is 3.25. The van der Waals surface area contributed by atoms with E-state index < -0.39 is 10.0 Å². The van der Waals surface area contributed by atoms with E-state index in [9.17, 15) is 8.42 Å². The fourth-order valence-corrected chi connectivity index (χ4v) is 5.30. The first-order valence-electron chi connectivity index (χ1n) is 11.0. The van der Waals surface area contributed by atoms with Crippen LogP contribution in [-0.4, -0.2) is 38.4 Å². The molecule has 3 rings (SSSR count). The second-order valence-electron chi connectivity index (χ2n) is 8.29. The highest BCUT2D eigenvalue weighted by Gasteiger charge is 2.27. The van der Waals surface area contributed by atoms with Gasteiger partial charge in [-0.25, -0.2) is 13.1 Å². The predicted molar refractivity (Wildman–Crippen MR) is 124 cm³/mol. The summed E-state index contributed by atoms with van der Waals surface area (Å²) in [6, 6.07) is 9.95. The fraction of sp³-hybridized carbons (Fsp3) is 0.500. The van der Waals surface area contributed by atoms with E-state index in [0.717, 1.165) is 25.9 Å². The first-order chi connectivity index (χ1) is 14.4. The van der Waals surface area contributed by atoms with Gasteiger partial charge in [0, 0.05) is 24.5 Å². The van der Waals surface area contributed by atoms with Gasteiger partial charge in [0.15, 0.2) is 0 Å². The Morgan fingerprint density at radius 3 is 2.67 bits per heavy atom. The molecule has 164 valence electrons. The minimum Gasteiger partial charge on any atom is -0.361 e. The molecule has 2 N–H and O–H groups in total. The number of aromatic nitrogens is 1. The number of rotatable bonds is 8. The monoisotopic (exact) mass is 429 g/mol. The van der Waals surface area contributed by atoms with Gasteiger partial charge in [-0.3, -0.25) is 4.90 Å². The quantitative estimate of drug-likeness (QED) is 0.616. The molecule has 1 saturated heterocycles. The van der Waals surface area contributed by atoms with E-state index in [4.69, 9.17) is 0 Å². The number of allylic oxidation sites excluding steroid dienone is 2. The van der Waals surface area contributed by atoms with Crippen molar-refractivity contribution in [3.05, 3.63) is 59.4 Å². The highest BCUT2D eigenvalue weighted by molar-refractivity contribution is 7.89. The van der Waals surface area contributed by atoms with Gasteiger partial charge in [-0.1, -0.05) is 38.5 Å². The summed E-state index contributed by atoms with van der Waals surface area (Å²) in [5.74, 6) is 0.413. The van der Waals surface area contributed by atoms with E-state index in [1.807, 2.05) is 18.3 Å². The topological polar surface area (TPSA) is 65.2 Å². The fourth-order valence-electron chi connectivity index (χ4n) is 4.57. The molecule has 2 heterocycles. The summed E-state index contributed by atoms with van der Waals surface area (Å²) in [7, 11) is -1.95. The van der Waals surface area contributed by atoms with Gasteiger partial charge < -0.3 is 4.98 Å². The molecule has 5 nitrogen and oxygen atoms in total. The minimum atomic E-state index is -3.40. The molecule has 0 bridgehead atoms. The van der Waals surface area contributed by atoms with Crippen LogP contribution in [0.5, 0.6) is 0 Å². The van der Waals surface area contributed by atoms with Gasteiger partial charge in [0.25, 0.3) is 0 Å². The summed E-state index contributed by atoms with van der Waals surface area (Å²) < 4.78 is 26.5. The van der Waals surface area contributed by atoms with Crippen LogP contribution in [-0.2, 0) is 10.0 Å². The van der Waals surface area contributed by atoms with E-state index in [1.54, 1.807) is 12.1 Å². The molecule has 2 atom stereocenters. The first kappa shape index (κ1) is 22.8. The molecule has 1 aromatic carbocycles. The number of likely N-dealkylation sites (tertiary alicyclic amines) is 1. The molecule has 2 unspecified atom stereocenters. The minimum absolute atomic E-state index is 0.319. The molecular weight excluding hydrogens is 394 g/mol. The zero-order valence-corrected chi connectivity index (χ0v) is 19.4. The van der Waals surface area contributed by atoms with E-state index >= 15 is 0 Å². The number of nitrogens with zero attached hydrogens (tertiary/aromatic N) is 1. The SMILES string of the molecule is CC/C=C(/C)c1[nH]ccc1C(C)CN1CCCCC1c1ccc(S(=O)(=O)NC)cc1. The molecule has 1 aliphatic heterocycles. The lowest BCUT2D eigenvalue weighted by atomic mass is 9.92. The third kappa shape index (κ3) is 5.05. The lowest BCUT2D eigenvalue weighted by Gasteiger charge is -2.38. The first-order valence-corrected chi connectivity index (χ1v) is 12.5. The Kier molecular flexibility index (Phi) is 7.55. The van der Waals surface area contributed by atoms with Gasteiger partial charge in [0.1, 0.15) is 0 Å². The van der Waals surface area contributed by atoms with Crippen LogP contribution in [0.15, 0.2) is 47.5 Å². The van der Waals surface area contributed by atoms with Crippen LogP contribution in [0.1, 0.15) is 75.2 Å². The molecular formula is C24H35N3O2S. The van der Waals surface area contributed by atoms with Crippen LogP contribution in [0.3, 0.4) is 0 Å². The number of sulfonamides is 1. The standard InChI is InChI=1S/C24H35N3O2S/c1-5-8-18(2)24-22(14-15-26-24)19(3)17-27-16-7-6-9-23(27)20-10-12-21(13-11-20)30(28,29)25-4/h8,10-15,19,23,25-26H,5-7,9,16-17H2,1-4H3/b18-8-. The summed E-state index contributed by atoms with van der Waals surface area (Å²) >= 11 is 0. The average molecular weight is 430 g/mol. The number of hydrogen-bond acceptors (Lipinski definition) is 3. The van der Waals surface area contributed by atoms with Gasteiger partial charge >= 0.3 is 0 Å². The Morgan fingerprint density at radius 2 is 2.00 bits per heavy atom. The maximum Gasteiger partial charge on any atom is 0.240 e. The van der Waals surface area contributed by atoms with Crippen molar-refractivity contribution in [3.8, 4) is 0 Å². The summed E-state index contributed by atoms with van der Waals surface area (Å²) in [5.41, 5.74) is 5.13. The van der Waals surface area contributed by atoms with Crippen LogP contribution in [0, 0.1) is 0 Å². The smallest absolute Gasteiger partial charge is 0.240 e. The number of piperidine rings is 1.